The first-order chi connectivity index (χ1) is 1.73. The third-order valence-electron chi connectivity index (χ3n) is 0. The van der Waals surface area contributed by atoms with Crippen LogP contribution in [0.4, 0.5) is 0 Å². The summed E-state index contributed by atoms with van der Waals surface area (Å²) in [6.07, 6.45) is 0. The standard InChI is InChI=1S/Cu.HIOP/c;1-3-2/h;2H/q+1;-1. The molecule has 0 saturated heterocycles. The van der Waals surface area contributed by atoms with Gasteiger partial charge in [-0.2, -0.15) is 0 Å². The van der Waals surface area contributed by atoms with Crippen LogP contribution in [0, 0.1) is 0 Å². The van der Waals surface area contributed by atoms with E-state index in [4.69, 9.17) is 4.89 Å². The summed E-state index contributed by atoms with van der Waals surface area (Å²) in [6.45, 7) is 0. The topological polar surface area (TPSA) is 20.2 Å². The van der Waals surface area contributed by atoms with Gasteiger partial charge >= 0.3 is 47.0 Å². The van der Waals surface area contributed by atoms with Crippen LogP contribution in [0.15, 0.2) is 0 Å². The second-order valence-electron chi connectivity index (χ2n) is 0.187. The molecule has 0 aliphatic carbocycles. The fourth-order valence-electron chi connectivity index (χ4n) is 0. The maximum absolute atomic E-state index is 7.91. The summed E-state index contributed by atoms with van der Waals surface area (Å²) in [5.74, 6) is 0. The minimum absolute atomic E-state index is 1.09. The molecule has 0 amide bonds. The second-order valence-corrected chi connectivity index (χ2v) is 6.50. The van der Waals surface area contributed by atoms with Gasteiger partial charge in [0.15, 0.2) is 0 Å². The molecule has 0 radical (unpaired) electrons. The van der Waals surface area contributed by atoms with Crippen molar-refractivity contribution in [2.45, 2.75) is 0 Å². The molecule has 0 aliphatic heterocycles. The Hall–Kier alpha value is 1.64. The summed E-state index contributed by atoms with van der Waals surface area (Å²) < 4.78 is -1.09. The molecule has 0 aromatic carbocycles. The van der Waals surface area contributed by atoms with Crippen molar-refractivity contribution in [3.8, 4) is 0 Å². The van der Waals surface area contributed by atoms with Crippen molar-refractivity contribution < 1.29 is 20.5 Å². The van der Waals surface area contributed by atoms with E-state index in [-0.39, 0.29) is 0 Å². The average Bonchev–Trinajstić information content (AvgIpc) is 0.811. The Morgan fingerprint density at radius 1 is 2.00 bits per heavy atom. The van der Waals surface area contributed by atoms with Crippen molar-refractivity contribution in [1.82, 2.24) is 0 Å². The molecule has 1 N–H and O–H groups in total. The van der Waals surface area contributed by atoms with Crippen LogP contribution in [-0.4, -0.2) is 4.89 Å². The summed E-state index contributed by atoms with van der Waals surface area (Å²) in [5, 5.41) is 0. The fraction of sp³-hybridized carbons (Fsp3) is 0. The van der Waals surface area contributed by atoms with E-state index < -0.39 is 4.48 Å². The summed E-state index contributed by atoms with van der Waals surface area (Å²) in [6, 6.07) is 0. The van der Waals surface area contributed by atoms with E-state index in [0.29, 0.717) is 0 Å². The van der Waals surface area contributed by atoms with Gasteiger partial charge in [-0.3, -0.25) is 0 Å². The molecule has 30 valence electrons. The van der Waals surface area contributed by atoms with E-state index >= 15 is 0 Å². The molecule has 0 rings (SSSR count). The molecule has 0 saturated carbocycles. The molecule has 1 nitrogen and oxygen atoms in total. The minimum atomic E-state index is -1.09. The Balaban J connectivity index is 2.32. The summed E-state index contributed by atoms with van der Waals surface area (Å²) in [7, 11) is 0. The Labute approximate surface area is 46.9 Å². The third-order valence-corrected chi connectivity index (χ3v) is 0. The van der Waals surface area contributed by atoms with Crippen molar-refractivity contribution in [3.63, 3.8) is 0 Å². The predicted octanol–water partition coefficient (Wildman–Crippen LogP) is 1.19. The van der Waals surface area contributed by atoms with Crippen LogP contribution in [0.3, 0.4) is 0 Å². The molecule has 0 aromatic heterocycles. The van der Waals surface area contributed by atoms with Crippen LogP contribution in [0.5, 0.6) is 0 Å². The van der Waals surface area contributed by atoms with Crippen molar-refractivity contribution in [2.24, 2.45) is 0 Å². The van der Waals surface area contributed by atoms with E-state index in [1.54, 1.807) is 22.0 Å². The van der Waals surface area contributed by atoms with Crippen LogP contribution < -0.4 is 0 Å². The fourth-order valence-corrected chi connectivity index (χ4v) is 0. The SMILES string of the molecule is O[P]([Cu])I. The summed E-state index contributed by atoms with van der Waals surface area (Å²) in [4.78, 5) is 7.91. The molecule has 4 heteroatoms. The average molecular weight is 238 g/mol. The van der Waals surface area contributed by atoms with Gasteiger partial charge in [0.1, 0.15) is 0 Å². The molecular formula is HCuIOP. The van der Waals surface area contributed by atoms with E-state index in [0.717, 1.165) is 0 Å². The molecule has 0 bridgehead atoms. The number of halogens is 1. The molecule has 0 fully saturated rings. The summed E-state index contributed by atoms with van der Waals surface area (Å²) in [5.41, 5.74) is 0. The molecule has 4 heavy (non-hydrogen) atoms. The third kappa shape index (κ3) is 9.43. The van der Waals surface area contributed by atoms with Gasteiger partial charge in [-0.15, -0.1) is 0 Å². The first-order valence-corrected chi connectivity index (χ1v) is 5.67. The zero-order chi connectivity index (χ0) is 3.58. The van der Waals surface area contributed by atoms with E-state index in [1.165, 1.54) is 0 Å². The second kappa shape index (κ2) is 2.86. The Kier molecular flexibility index (Phi) is 4.03. The van der Waals surface area contributed by atoms with Crippen LogP contribution >= 0.6 is 26.5 Å². The molecule has 1 unspecified atom stereocenters. The first kappa shape index (κ1) is 5.64. The van der Waals surface area contributed by atoms with Crippen molar-refractivity contribution in [1.29, 1.82) is 0 Å². The Bertz CT molecular complexity index is 12.8. The van der Waals surface area contributed by atoms with Crippen LogP contribution in [0.1, 0.15) is 0 Å². The van der Waals surface area contributed by atoms with Crippen LogP contribution in [0.25, 0.3) is 0 Å². The first-order valence-electron chi connectivity index (χ1n) is 0.504. The zero-order valence-corrected chi connectivity index (χ0v) is 5.57. The van der Waals surface area contributed by atoms with Crippen LogP contribution in [-0.2, 0) is 15.6 Å². The van der Waals surface area contributed by atoms with Gasteiger partial charge in [-0.25, -0.2) is 0 Å². The zero-order valence-electron chi connectivity index (χ0n) is 1.57. The van der Waals surface area contributed by atoms with Gasteiger partial charge in [-0.05, 0) is 0 Å². The maximum atomic E-state index is 7.91. The number of hydrogen-bond acceptors (Lipinski definition) is 1. The van der Waals surface area contributed by atoms with Gasteiger partial charge in [0, 0.05) is 0 Å². The molecule has 1 atom stereocenters. The van der Waals surface area contributed by atoms with Crippen molar-refractivity contribution >= 4 is 26.5 Å². The van der Waals surface area contributed by atoms with E-state index in [2.05, 4.69) is 15.6 Å². The van der Waals surface area contributed by atoms with Gasteiger partial charge in [0.2, 0.25) is 0 Å². The van der Waals surface area contributed by atoms with E-state index in [1.807, 2.05) is 0 Å². The monoisotopic (exact) mass is 238 g/mol. The predicted molar refractivity (Wildman–Crippen MR) is 23.2 cm³/mol. The molecule has 0 heterocycles. The van der Waals surface area contributed by atoms with Crippen LogP contribution in [0.2, 0.25) is 0 Å². The van der Waals surface area contributed by atoms with E-state index in [9.17, 15) is 0 Å². The normalized spacial score (nSPS) is 16.0. The molecule has 0 aromatic rings. The van der Waals surface area contributed by atoms with Gasteiger partial charge in [0.25, 0.3) is 0 Å². The molecule has 0 aliphatic rings. The number of hydrogen-bond donors (Lipinski definition) is 1. The number of rotatable bonds is 0. The Morgan fingerprint density at radius 2 is 2.00 bits per heavy atom. The summed E-state index contributed by atoms with van der Waals surface area (Å²) >= 11 is 6.12. The van der Waals surface area contributed by atoms with Gasteiger partial charge < -0.3 is 0 Å². The molecular weight excluding hydrogens is 237 g/mol. The van der Waals surface area contributed by atoms with Crippen molar-refractivity contribution in [2.75, 3.05) is 0 Å². The van der Waals surface area contributed by atoms with Crippen molar-refractivity contribution in [3.05, 3.63) is 0 Å². The van der Waals surface area contributed by atoms with Gasteiger partial charge in [0.05, 0.1) is 0 Å². The van der Waals surface area contributed by atoms with Gasteiger partial charge in [-0.1, -0.05) is 0 Å². The Morgan fingerprint density at radius 3 is 2.00 bits per heavy atom. The quantitative estimate of drug-likeness (QED) is 0.382. The molecule has 0 spiro atoms.